The molecule has 0 saturated carbocycles. The van der Waals surface area contributed by atoms with Gasteiger partial charge in [-0.25, -0.2) is 4.79 Å². The topological polar surface area (TPSA) is 101 Å². The second-order valence-corrected chi connectivity index (χ2v) is 4.78. The average molecular weight is 257 g/mol. The lowest BCUT2D eigenvalue weighted by atomic mass is 10.2. The summed E-state index contributed by atoms with van der Waals surface area (Å²) in [5.41, 5.74) is -0.375. The van der Waals surface area contributed by atoms with Crippen molar-refractivity contribution < 1.29 is 19.9 Å². The minimum absolute atomic E-state index is 0.0755. The molecule has 1 unspecified atom stereocenters. The zero-order valence-corrected chi connectivity index (χ0v) is 9.81. The third-order valence-electron chi connectivity index (χ3n) is 2.00. The number of hydrogen-bond acceptors (Lipinski definition) is 5. The van der Waals surface area contributed by atoms with Gasteiger partial charge < -0.3 is 10.2 Å². The van der Waals surface area contributed by atoms with Crippen LogP contribution in [0.1, 0.15) is 17.3 Å². The smallest absolute Gasteiger partial charge is 0.337 e. The molecule has 0 radical (unpaired) electrons. The second-order valence-electron chi connectivity index (χ2n) is 3.33. The van der Waals surface area contributed by atoms with Crippen LogP contribution < -0.4 is 0 Å². The van der Waals surface area contributed by atoms with Crippen molar-refractivity contribution in [3.63, 3.8) is 0 Å². The predicted molar refractivity (Wildman–Crippen MR) is 62.5 cm³/mol. The van der Waals surface area contributed by atoms with Gasteiger partial charge in [0.1, 0.15) is 4.90 Å². The lowest BCUT2D eigenvalue weighted by molar-refractivity contribution is -0.387. The summed E-state index contributed by atoms with van der Waals surface area (Å²) in [6.45, 7) is 1.47. The van der Waals surface area contributed by atoms with Gasteiger partial charge in [0.25, 0.3) is 5.69 Å². The molecule has 2 N–H and O–H groups in total. The molecule has 0 aliphatic carbocycles. The Kier molecular flexibility index (Phi) is 4.47. The highest BCUT2D eigenvalue weighted by Crippen LogP contribution is 2.35. The summed E-state index contributed by atoms with van der Waals surface area (Å²) in [5, 5.41) is 28.4. The molecular formula is C10H11NO5S. The van der Waals surface area contributed by atoms with Gasteiger partial charge in [-0.15, -0.1) is 11.8 Å². The van der Waals surface area contributed by atoms with Crippen LogP contribution in [0.25, 0.3) is 0 Å². The molecular weight excluding hydrogens is 246 g/mol. The van der Waals surface area contributed by atoms with E-state index in [2.05, 4.69) is 0 Å². The number of thioether (sulfide) groups is 1. The van der Waals surface area contributed by atoms with Crippen molar-refractivity contribution >= 4 is 23.4 Å². The largest absolute Gasteiger partial charge is 0.478 e. The molecule has 0 saturated heterocycles. The third-order valence-corrected chi connectivity index (χ3v) is 3.21. The number of carbonyl (C=O) groups is 1. The summed E-state index contributed by atoms with van der Waals surface area (Å²) in [6, 6.07) is 3.88. The molecule has 0 bridgehead atoms. The number of nitro benzene ring substituents is 1. The average Bonchev–Trinajstić information content (AvgIpc) is 2.28. The number of carboxylic acids is 1. The van der Waals surface area contributed by atoms with Crippen molar-refractivity contribution in [1.82, 2.24) is 0 Å². The number of benzene rings is 1. The molecule has 92 valence electrons. The van der Waals surface area contributed by atoms with Crippen molar-refractivity contribution in [2.24, 2.45) is 0 Å². The van der Waals surface area contributed by atoms with Gasteiger partial charge in [-0.2, -0.15) is 0 Å². The van der Waals surface area contributed by atoms with Crippen molar-refractivity contribution in [3.05, 3.63) is 33.9 Å². The predicted octanol–water partition coefficient (Wildman–Crippen LogP) is 1.77. The van der Waals surface area contributed by atoms with Gasteiger partial charge in [0.15, 0.2) is 0 Å². The summed E-state index contributed by atoms with van der Waals surface area (Å²) in [6.07, 6.45) is 0. The highest BCUT2D eigenvalue weighted by atomic mass is 32.2. The van der Waals surface area contributed by atoms with Gasteiger partial charge in [0.05, 0.1) is 17.1 Å². The normalized spacial score (nSPS) is 12.1. The van der Waals surface area contributed by atoms with Crippen LogP contribution in [0.4, 0.5) is 5.69 Å². The van der Waals surface area contributed by atoms with Crippen molar-refractivity contribution in [2.45, 2.75) is 17.1 Å². The fraction of sp³-hybridized carbons (Fsp3) is 0.300. The third kappa shape index (κ3) is 3.18. The van der Waals surface area contributed by atoms with Crippen LogP contribution in [-0.2, 0) is 0 Å². The van der Waals surface area contributed by atoms with E-state index in [0.29, 0.717) is 0 Å². The van der Waals surface area contributed by atoms with E-state index >= 15 is 0 Å². The Balaban J connectivity index is 3.28. The zero-order valence-electron chi connectivity index (χ0n) is 8.99. The summed E-state index contributed by atoms with van der Waals surface area (Å²) < 4.78 is 0. The van der Waals surface area contributed by atoms with E-state index in [-0.39, 0.29) is 28.0 Å². The quantitative estimate of drug-likeness (QED) is 0.473. The molecule has 0 spiro atoms. The molecule has 1 aromatic carbocycles. The first kappa shape index (κ1) is 13.5. The molecule has 0 aromatic heterocycles. The molecule has 6 nitrogen and oxygen atoms in total. The van der Waals surface area contributed by atoms with E-state index in [4.69, 9.17) is 10.2 Å². The van der Waals surface area contributed by atoms with E-state index in [0.717, 1.165) is 11.8 Å². The van der Waals surface area contributed by atoms with Gasteiger partial charge in [-0.1, -0.05) is 13.0 Å². The standard InChI is InChI=1S/C10H11NO5S/c1-6(5-12)17-9-7(10(13)14)3-2-4-8(9)11(15)16/h2-4,6,12H,5H2,1H3,(H,13,14). The van der Waals surface area contributed by atoms with Crippen molar-refractivity contribution in [1.29, 1.82) is 0 Å². The van der Waals surface area contributed by atoms with Gasteiger partial charge in [0.2, 0.25) is 0 Å². The number of carboxylic acid groups (broad SMARTS) is 1. The van der Waals surface area contributed by atoms with Crippen LogP contribution in [0.5, 0.6) is 0 Å². The maximum Gasteiger partial charge on any atom is 0.337 e. The Morgan fingerprint density at radius 2 is 2.24 bits per heavy atom. The van der Waals surface area contributed by atoms with E-state index < -0.39 is 10.9 Å². The van der Waals surface area contributed by atoms with E-state index in [1.807, 2.05) is 0 Å². The summed E-state index contributed by atoms with van der Waals surface area (Å²) in [5.74, 6) is -1.22. The Bertz CT molecular complexity index is 416. The summed E-state index contributed by atoms with van der Waals surface area (Å²) >= 11 is 0.981. The lowest BCUT2D eigenvalue weighted by Crippen LogP contribution is -2.07. The van der Waals surface area contributed by atoms with Gasteiger partial charge in [-0.05, 0) is 6.07 Å². The maximum absolute atomic E-state index is 11.0. The van der Waals surface area contributed by atoms with Crippen molar-refractivity contribution in [2.75, 3.05) is 6.61 Å². The molecule has 1 rings (SSSR count). The van der Waals surface area contributed by atoms with Gasteiger partial charge in [-0.3, -0.25) is 10.1 Å². The first-order chi connectivity index (χ1) is 7.97. The molecule has 1 atom stereocenters. The number of nitro groups is 1. The molecule has 0 aliphatic rings. The van der Waals surface area contributed by atoms with Crippen LogP contribution >= 0.6 is 11.8 Å². The minimum atomic E-state index is -1.22. The van der Waals surface area contributed by atoms with E-state index in [9.17, 15) is 14.9 Å². The van der Waals surface area contributed by atoms with Crippen LogP contribution in [0.3, 0.4) is 0 Å². The number of nitrogens with zero attached hydrogens (tertiary/aromatic N) is 1. The summed E-state index contributed by atoms with van der Waals surface area (Å²) in [7, 11) is 0. The Labute approximate surface area is 101 Å². The molecule has 1 aromatic rings. The highest BCUT2D eigenvalue weighted by molar-refractivity contribution is 8.00. The molecule has 0 fully saturated rings. The van der Waals surface area contributed by atoms with Crippen LogP contribution in [0.2, 0.25) is 0 Å². The van der Waals surface area contributed by atoms with Gasteiger partial charge >= 0.3 is 5.97 Å². The first-order valence-corrected chi connectivity index (χ1v) is 5.63. The second kappa shape index (κ2) is 5.65. The Hall–Kier alpha value is -1.60. The molecule has 0 aliphatic heterocycles. The lowest BCUT2D eigenvalue weighted by Gasteiger charge is -2.10. The van der Waals surface area contributed by atoms with Crippen LogP contribution in [0, 0.1) is 10.1 Å². The molecule has 7 heteroatoms. The number of aromatic carboxylic acids is 1. The molecule has 17 heavy (non-hydrogen) atoms. The van der Waals surface area contributed by atoms with Crippen LogP contribution in [0.15, 0.2) is 23.1 Å². The molecule has 0 heterocycles. The number of aliphatic hydroxyl groups excluding tert-OH is 1. The Morgan fingerprint density at radius 1 is 1.59 bits per heavy atom. The van der Waals surface area contributed by atoms with Crippen molar-refractivity contribution in [3.8, 4) is 0 Å². The highest BCUT2D eigenvalue weighted by Gasteiger charge is 2.23. The van der Waals surface area contributed by atoms with E-state index in [1.165, 1.54) is 18.2 Å². The number of hydrogen-bond donors (Lipinski definition) is 2. The zero-order chi connectivity index (χ0) is 13.0. The maximum atomic E-state index is 11.0. The summed E-state index contributed by atoms with van der Waals surface area (Å²) in [4.78, 5) is 21.2. The fourth-order valence-corrected chi connectivity index (χ4v) is 2.22. The fourth-order valence-electron chi connectivity index (χ4n) is 1.20. The number of rotatable bonds is 5. The van der Waals surface area contributed by atoms with Gasteiger partial charge in [0, 0.05) is 11.3 Å². The first-order valence-electron chi connectivity index (χ1n) is 4.75. The Morgan fingerprint density at radius 3 is 2.71 bits per heavy atom. The van der Waals surface area contributed by atoms with E-state index in [1.54, 1.807) is 6.92 Å². The SMILES string of the molecule is CC(CO)Sc1c(C(=O)O)cccc1[N+](=O)[O-]. The minimum Gasteiger partial charge on any atom is -0.478 e. The molecule has 0 amide bonds. The monoisotopic (exact) mass is 257 g/mol. The van der Waals surface area contributed by atoms with Crippen LogP contribution in [-0.4, -0.2) is 33.0 Å². The number of aliphatic hydroxyl groups is 1.